The molecule has 0 spiro atoms. The van der Waals surface area contributed by atoms with Crippen LogP contribution in [-0.4, -0.2) is 48.7 Å². The number of rotatable bonds is 6. The van der Waals surface area contributed by atoms with E-state index in [1.54, 1.807) is 0 Å². The molecule has 13 heavy (non-hydrogen) atoms. The van der Waals surface area contributed by atoms with Crippen LogP contribution in [0.2, 0.25) is 0 Å². The number of nitrogens with zero attached hydrogens (tertiary/aromatic N) is 1. The maximum absolute atomic E-state index is 11.0. The smallest absolute Gasteiger partial charge is 0.323 e. The molecule has 0 radical (unpaired) electrons. The van der Waals surface area contributed by atoms with Gasteiger partial charge in [-0.15, -0.1) is 0 Å². The van der Waals surface area contributed by atoms with Crippen LogP contribution in [0, 0.1) is 0 Å². The van der Waals surface area contributed by atoms with Crippen molar-refractivity contribution in [2.24, 2.45) is 0 Å². The Labute approximate surface area is 76.6 Å². The van der Waals surface area contributed by atoms with E-state index in [1.807, 2.05) is 0 Å². The molecule has 0 saturated carbocycles. The molecule has 0 atom stereocenters. The van der Waals surface area contributed by atoms with E-state index in [0.29, 0.717) is 6.61 Å². The Bertz CT molecular complexity index is 202. The molecule has 0 aliphatic rings. The van der Waals surface area contributed by atoms with Gasteiger partial charge in [0.1, 0.15) is 6.54 Å². The van der Waals surface area contributed by atoms with Gasteiger partial charge in [-0.25, -0.2) is 0 Å². The van der Waals surface area contributed by atoms with E-state index in [1.165, 1.54) is 7.11 Å². The van der Waals surface area contributed by atoms with Crippen LogP contribution in [0.4, 0.5) is 0 Å². The monoisotopic (exact) mass is 187 g/mol. The normalized spacial score (nSPS) is 9.31. The summed E-state index contributed by atoms with van der Waals surface area (Å²) in [5.74, 6) is -1.45. The quantitative estimate of drug-likeness (QED) is 0.581. The van der Waals surface area contributed by atoms with Gasteiger partial charge in [0, 0.05) is 13.7 Å². The van der Waals surface area contributed by atoms with Gasteiger partial charge >= 0.3 is 5.97 Å². The summed E-state index contributed by atoms with van der Waals surface area (Å²) in [4.78, 5) is 22.5. The summed E-state index contributed by atoms with van der Waals surface area (Å²) >= 11 is 0. The largest absolute Gasteiger partial charge is 0.480 e. The number of amides is 1. The third kappa shape index (κ3) is 4.97. The summed E-state index contributed by atoms with van der Waals surface area (Å²) in [5, 5.41) is 8.46. The first kappa shape index (κ1) is 11.6. The highest BCUT2D eigenvalue weighted by molar-refractivity contribution is 5.89. The molecule has 5 heteroatoms. The van der Waals surface area contributed by atoms with Crippen LogP contribution < -0.4 is 0 Å². The van der Waals surface area contributed by atoms with Gasteiger partial charge in [0.25, 0.3) is 0 Å². The second-order valence-electron chi connectivity index (χ2n) is 2.35. The minimum Gasteiger partial charge on any atom is -0.480 e. The third-order valence-electron chi connectivity index (χ3n) is 1.38. The third-order valence-corrected chi connectivity index (χ3v) is 1.38. The molecule has 0 aliphatic heterocycles. The fourth-order valence-corrected chi connectivity index (χ4v) is 0.761. The lowest BCUT2D eigenvalue weighted by atomic mass is 10.4. The molecule has 5 nitrogen and oxygen atoms in total. The molecular weight excluding hydrogens is 174 g/mol. The molecule has 0 unspecified atom stereocenters. The molecule has 0 aliphatic carbocycles. The number of carbonyl (C=O) groups excluding carboxylic acids is 1. The van der Waals surface area contributed by atoms with Gasteiger partial charge < -0.3 is 14.7 Å². The molecule has 0 aromatic heterocycles. The topological polar surface area (TPSA) is 66.8 Å². The molecule has 74 valence electrons. The lowest BCUT2D eigenvalue weighted by Crippen LogP contribution is -2.36. The first-order valence-corrected chi connectivity index (χ1v) is 3.74. The van der Waals surface area contributed by atoms with Gasteiger partial charge in [-0.3, -0.25) is 9.59 Å². The average Bonchev–Trinajstić information content (AvgIpc) is 2.10. The second-order valence-corrected chi connectivity index (χ2v) is 2.35. The standard InChI is InChI=1S/C8H13NO4/c1-3-7(10)9(4-5-13-2)6-8(11)12/h3H,1,4-6H2,2H3,(H,11,12). The van der Waals surface area contributed by atoms with Gasteiger partial charge in [-0.05, 0) is 6.08 Å². The maximum atomic E-state index is 11.0. The van der Waals surface area contributed by atoms with Gasteiger partial charge in [-0.2, -0.15) is 0 Å². The van der Waals surface area contributed by atoms with E-state index in [-0.39, 0.29) is 13.1 Å². The number of carboxylic acids is 1. The van der Waals surface area contributed by atoms with Crippen molar-refractivity contribution in [2.75, 3.05) is 26.8 Å². The van der Waals surface area contributed by atoms with Crippen LogP contribution in [-0.2, 0) is 14.3 Å². The molecule has 0 rings (SSSR count). The highest BCUT2D eigenvalue weighted by atomic mass is 16.5. The summed E-state index contributed by atoms with van der Waals surface area (Å²) in [7, 11) is 1.48. The Kier molecular flexibility index (Phi) is 5.54. The number of ether oxygens (including phenoxy) is 1. The van der Waals surface area contributed by atoms with Crippen molar-refractivity contribution >= 4 is 11.9 Å². The van der Waals surface area contributed by atoms with E-state index in [4.69, 9.17) is 9.84 Å². The molecule has 1 N–H and O–H groups in total. The van der Waals surface area contributed by atoms with E-state index in [2.05, 4.69) is 6.58 Å². The van der Waals surface area contributed by atoms with Crippen molar-refractivity contribution in [2.45, 2.75) is 0 Å². The number of carbonyl (C=O) groups is 2. The summed E-state index contributed by atoms with van der Waals surface area (Å²) < 4.78 is 4.73. The first-order valence-electron chi connectivity index (χ1n) is 3.74. The minimum atomic E-state index is -1.05. The van der Waals surface area contributed by atoms with Crippen molar-refractivity contribution in [3.05, 3.63) is 12.7 Å². The maximum Gasteiger partial charge on any atom is 0.323 e. The number of hydrogen-bond acceptors (Lipinski definition) is 3. The molecule has 0 fully saturated rings. The van der Waals surface area contributed by atoms with Gasteiger partial charge in [0.2, 0.25) is 5.91 Å². The fraction of sp³-hybridized carbons (Fsp3) is 0.500. The first-order chi connectivity index (χ1) is 6.11. The Morgan fingerprint density at radius 1 is 1.62 bits per heavy atom. The number of carboxylic acid groups (broad SMARTS) is 1. The molecule has 0 saturated heterocycles. The zero-order chi connectivity index (χ0) is 10.3. The molecule has 0 aromatic rings. The molecular formula is C8H13NO4. The predicted octanol–water partition coefficient (Wildman–Crippen LogP) is -0.268. The Hall–Kier alpha value is -1.36. The minimum absolute atomic E-state index is 0.258. The van der Waals surface area contributed by atoms with Crippen molar-refractivity contribution in [1.82, 2.24) is 4.90 Å². The van der Waals surface area contributed by atoms with Crippen LogP contribution in [0.1, 0.15) is 0 Å². The van der Waals surface area contributed by atoms with Crippen molar-refractivity contribution in [3.8, 4) is 0 Å². The van der Waals surface area contributed by atoms with E-state index < -0.39 is 11.9 Å². The zero-order valence-electron chi connectivity index (χ0n) is 7.52. The molecule has 0 bridgehead atoms. The SMILES string of the molecule is C=CC(=O)N(CCOC)CC(=O)O. The summed E-state index contributed by atoms with van der Waals surface area (Å²) in [6.45, 7) is 3.52. The fourth-order valence-electron chi connectivity index (χ4n) is 0.761. The zero-order valence-corrected chi connectivity index (χ0v) is 7.52. The van der Waals surface area contributed by atoms with Crippen LogP contribution >= 0.6 is 0 Å². The van der Waals surface area contributed by atoms with E-state index >= 15 is 0 Å². The Morgan fingerprint density at radius 2 is 2.23 bits per heavy atom. The average molecular weight is 187 g/mol. The number of methoxy groups -OCH3 is 1. The lowest BCUT2D eigenvalue weighted by molar-refractivity contribution is -0.143. The van der Waals surface area contributed by atoms with Crippen LogP contribution in [0.25, 0.3) is 0 Å². The van der Waals surface area contributed by atoms with E-state index in [0.717, 1.165) is 11.0 Å². The van der Waals surface area contributed by atoms with Crippen LogP contribution in [0.5, 0.6) is 0 Å². The molecule has 0 heterocycles. The second kappa shape index (κ2) is 6.19. The molecule has 0 aromatic carbocycles. The van der Waals surface area contributed by atoms with Crippen molar-refractivity contribution in [3.63, 3.8) is 0 Å². The number of aliphatic carboxylic acids is 1. The van der Waals surface area contributed by atoms with Gasteiger partial charge in [0.05, 0.1) is 6.61 Å². The van der Waals surface area contributed by atoms with Crippen LogP contribution in [0.3, 0.4) is 0 Å². The van der Waals surface area contributed by atoms with Gasteiger partial charge in [-0.1, -0.05) is 6.58 Å². The van der Waals surface area contributed by atoms with Gasteiger partial charge in [0.15, 0.2) is 0 Å². The van der Waals surface area contributed by atoms with Crippen molar-refractivity contribution < 1.29 is 19.4 Å². The predicted molar refractivity (Wildman–Crippen MR) is 46.3 cm³/mol. The summed E-state index contributed by atoms with van der Waals surface area (Å²) in [6, 6.07) is 0. The highest BCUT2D eigenvalue weighted by Crippen LogP contribution is 1.91. The lowest BCUT2D eigenvalue weighted by Gasteiger charge is -2.17. The Balaban J connectivity index is 4.09. The highest BCUT2D eigenvalue weighted by Gasteiger charge is 2.12. The number of hydrogen-bond donors (Lipinski definition) is 1. The summed E-state index contributed by atoms with van der Waals surface area (Å²) in [6.07, 6.45) is 1.08. The van der Waals surface area contributed by atoms with E-state index in [9.17, 15) is 9.59 Å². The van der Waals surface area contributed by atoms with Crippen LogP contribution in [0.15, 0.2) is 12.7 Å². The molecule has 1 amide bonds. The van der Waals surface area contributed by atoms with Crippen molar-refractivity contribution in [1.29, 1.82) is 0 Å². The Morgan fingerprint density at radius 3 is 2.62 bits per heavy atom. The summed E-state index contributed by atoms with van der Waals surface area (Å²) in [5.41, 5.74) is 0.